The molecule has 0 radical (unpaired) electrons. The third kappa shape index (κ3) is 3.88. The lowest BCUT2D eigenvalue weighted by atomic mass is 9.94. The van der Waals surface area contributed by atoms with Gasteiger partial charge in [-0.15, -0.1) is 0 Å². The second-order valence-corrected chi connectivity index (χ2v) is 4.62. The summed E-state index contributed by atoms with van der Waals surface area (Å²) in [7, 11) is 3.98. The molecule has 1 aliphatic rings. The molecule has 0 atom stereocenters. The molecule has 0 saturated carbocycles. The number of likely N-dealkylation sites (tertiary alicyclic amines) is 1. The van der Waals surface area contributed by atoms with Crippen LogP contribution in [-0.4, -0.2) is 48.8 Å². The number of carbonyl (C=O) groups is 1. The number of piperidine rings is 1. The molecular weight excluding hydrogens is 196 g/mol. The minimum Gasteiger partial charge on any atom is -0.337 e. The second kappa shape index (κ2) is 5.61. The Morgan fingerprint density at radius 2 is 2.07 bits per heavy atom. The summed E-state index contributed by atoms with van der Waals surface area (Å²) in [4.78, 5) is 14.9. The molecule has 0 spiro atoms. The monoisotopic (exact) mass is 216 g/mol. The normalized spacial score (nSPS) is 19.6. The van der Waals surface area contributed by atoms with Crippen LogP contribution in [0.1, 0.15) is 19.3 Å². The van der Waals surface area contributed by atoms with Crippen molar-refractivity contribution in [2.24, 2.45) is 5.92 Å². The first-order valence-corrected chi connectivity index (χ1v) is 5.67. The number of hydrogen-bond acceptors (Lipinski definition) is 2. The quantitative estimate of drug-likeness (QED) is 0.726. The summed E-state index contributed by atoms with van der Waals surface area (Å²) in [5.74, 6) is 0.793. The zero-order valence-electron chi connectivity index (χ0n) is 9.07. The molecule has 1 amide bonds. The Hall–Kier alpha value is -0.220. The van der Waals surface area contributed by atoms with Crippen molar-refractivity contribution in [3.8, 4) is 0 Å². The lowest BCUT2D eigenvalue weighted by molar-refractivity contribution is 0.197. The summed E-state index contributed by atoms with van der Waals surface area (Å²) in [6, 6.07) is 0. The molecule has 1 aliphatic heterocycles. The maximum absolute atomic E-state index is 10.9. The van der Waals surface area contributed by atoms with Gasteiger partial charge < -0.3 is 9.80 Å². The lowest BCUT2D eigenvalue weighted by Crippen LogP contribution is -2.32. The van der Waals surface area contributed by atoms with E-state index < -0.39 is 0 Å². The van der Waals surface area contributed by atoms with Crippen LogP contribution in [0.5, 0.6) is 0 Å². The van der Waals surface area contributed by atoms with Crippen LogP contribution in [0.25, 0.3) is 0 Å². The molecule has 0 aliphatic carbocycles. The lowest BCUT2D eigenvalue weighted by Gasteiger charge is -2.29. The van der Waals surface area contributed by atoms with E-state index in [0.717, 1.165) is 18.9 Å². The van der Waals surface area contributed by atoms with Crippen molar-refractivity contribution in [3.05, 3.63) is 0 Å². The predicted octanol–water partition coefficient (Wildman–Crippen LogP) is 1.70. The number of amides is 1. The van der Waals surface area contributed by atoms with Crippen molar-refractivity contribution in [1.29, 1.82) is 0 Å². The molecule has 3 nitrogen and oxygen atoms in total. The highest BCUT2D eigenvalue weighted by atomic mass is 32.1. The molecule has 0 aromatic carbocycles. The summed E-state index contributed by atoms with van der Waals surface area (Å²) in [6.45, 7) is 3.24. The fourth-order valence-electron chi connectivity index (χ4n) is 1.82. The fraction of sp³-hybridized carbons (Fsp3) is 0.900. The average Bonchev–Trinajstić information content (AvgIpc) is 2.16. The molecule has 4 heteroatoms. The third-order valence-corrected chi connectivity index (χ3v) is 3.38. The van der Waals surface area contributed by atoms with Crippen LogP contribution in [-0.2, 0) is 0 Å². The van der Waals surface area contributed by atoms with Gasteiger partial charge in [0.25, 0.3) is 5.24 Å². The zero-order chi connectivity index (χ0) is 10.6. The van der Waals surface area contributed by atoms with Crippen molar-refractivity contribution in [1.82, 2.24) is 9.80 Å². The predicted molar refractivity (Wildman–Crippen MR) is 61.9 cm³/mol. The van der Waals surface area contributed by atoms with Crippen molar-refractivity contribution < 1.29 is 4.79 Å². The Balaban J connectivity index is 2.16. The van der Waals surface area contributed by atoms with Gasteiger partial charge in [0.1, 0.15) is 0 Å². The van der Waals surface area contributed by atoms with E-state index in [9.17, 15) is 4.79 Å². The van der Waals surface area contributed by atoms with Gasteiger partial charge in [-0.25, -0.2) is 0 Å². The largest absolute Gasteiger partial charge is 0.337 e. The van der Waals surface area contributed by atoms with E-state index in [1.165, 1.54) is 25.9 Å². The van der Waals surface area contributed by atoms with E-state index in [1.54, 1.807) is 4.90 Å². The molecule has 0 bridgehead atoms. The average molecular weight is 216 g/mol. The fourth-order valence-corrected chi connectivity index (χ4v) is 1.92. The molecule has 0 aromatic rings. The van der Waals surface area contributed by atoms with Gasteiger partial charge in [0.2, 0.25) is 0 Å². The van der Waals surface area contributed by atoms with Gasteiger partial charge in [0.05, 0.1) is 0 Å². The van der Waals surface area contributed by atoms with Crippen LogP contribution in [0.3, 0.4) is 0 Å². The number of thiol groups is 1. The molecule has 82 valence electrons. The number of hydrogen-bond donors (Lipinski definition) is 1. The molecule has 1 rings (SSSR count). The topological polar surface area (TPSA) is 23.6 Å². The SMILES string of the molecule is CN1CCC(CCN(C)C(=O)S)CC1. The Kier molecular flexibility index (Phi) is 4.75. The zero-order valence-corrected chi connectivity index (χ0v) is 9.96. The van der Waals surface area contributed by atoms with Gasteiger partial charge >= 0.3 is 0 Å². The molecule has 14 heavy (non-hydrogen) atoms. The van der Waals surface area contributed by atoms with Crippen LogP contribution >= 0.6 is 12.6 Å². The van der Waals surface area contributed by atoms with E-state index >= 15 is 0 Å². The first-order chi connectivity index (χ1) is 6.59. The van der Waals surface area contributed by atoms with Gasteiger partial charge in [0, 0.05) is 13.6 Å². The number of rotatable bonds is 3. The molecule has 0 N–H and O–H groups in total. The highest BCUT2D eigenvalue weighted by Crippen LogP contribution is 2.19. The summed E-state index contributed by atoms with van der Waals surface area (Å²) in [5.41, 5.74) is 0. The van der Waals surface area contributed by atoms with Crippen LogP contribution in [0.4, 0.5) is 4.79 Å². The van der Waals surface area contributed by atoms with E-state index in [2.05, 4.69) is 24.6 Å². The smallest absolute Gasteiger partial charge is 0.278 e. The maximum Gasteiger partial charge on any atom is 0.278 e. The first-order valence-electron chi connectivity index (χ1n) is 5.22. The van der Waals surface area contributed by atoms with Gasteiger partial charge in [0.15, 0.2) is 0 Å². The molecule has 1 fully saturated rings. The van der Waals surface area contributed by atoms with Crippen LogP contribution in [0.15, 0.2) is 0 Å². The summed E-state index contributed by atoms with van der Waals surface area (Å²) in [5, 5.41) is -0.127. The van der Waals surface area contributed by atoms with Crippen molar-refractivity contribution in [3.63, 3.8) is 0 Å². The van der Waals surface area contributed by atoms with Crippen LogP contribution < -0.4 is 0 Å². The van der Waals surface area contributed by atoms with Crippen molar-refractivity contribution in [2.45, 2.75) is 19.3 Å². The Morgan fingerprint density at radius 1 is 1.50 bits per heavy atom. The Bertz CT molecular complexity index is 191. The van der Waals surface area contributed by atoms with Gasteiger partial charge in [-0.3, -0.25) is 4.79 Å². The Labute approximate surface area is 91.9 Å². The van der Waals surface area contributed by atoms with E-state index in [0.29, 0.717) is 0 Å². The first kappa shape index (κ1) is 11.9. The third-order valence-electron chi connectivity index (χ3n) is 3.04. The standard InChI is InChI=1S/C10H20N2OS/c1-11-6-3-9(4-7-11)5-8-12(2)10(13)14/h9H,3-8H2,1-2H3,(H,13,14). The van der Waals surface area contributed by atoms with Crippen LogP contribution in [0, 0.1) is 5.92 Å². The summed E-state index contributed by atoms with van der Waals surface area (Å²) >= 11 is 3.78. The molecule has 0 aromatic heterocycles. The number of carbonyl (C=O) groups excluding carboxylic acids is 1. The minimum absolute atomic E-state index is 0.127. The highest BCUT2D eigenvalue weighted by Gasteiger charge is 2.17. The number of nitrogens with zero attached hydrogens (tertiary/aromatic N) is 2. The van der Waals surface area contributed by atoms with E-state index in [-0.39, 0.29) is 5.24 Å². The highest BCUT2D eigenvalue weighted by molar-refractivity contribution is 7.96. The van der Waals surface area contributed by atoms with Gasteiger partial charge in [-0.05, 0) is 45.3 Å². The van der Waals surface area contributed by atoms with Gasteiger partial charge in [-0.2, -0.15) is 0 Å². The summed E-state index contributed by atoms with van der Waals surface area (Å²) in [6.07, 6.45) is 3.66. The van der Waals surface area contributed by atoms with E-state index in [4.69, 9.17) is 0 Å². The molecule has 0 unspecified atom stereocenters. The van der Waals surface area contributed by atoms with Crippen molar-refractivity contribution in [2.75, 3.05) is 33.7 Å². The van der Waals surface area contributed by atoms with Gasteiger partial charge in [-0.1, -0.05) is 12.6 Å². The van der Waals surface area contributed by atoms with Crippen LogP contribution in [0.2, 0.25) is 0 Å². The maximum atomic E-state index is 10.9. The van der Waals surface area contributed by atoms with E-state index in [1.807, 2.05) is 7.05 Å². The second-order valence-electron chi connectivity index (χ2n) is 4.24. The molecular formula is C10H20N2OS. The molecule has 1 saturated heterocycles. The Morgan fingerprint density at radius 3 is 2.57 bits per heavy atom. The molecule has 1 heterocycles. The minimum atomic E-state index is -0.127. The summed E-state index contributed by atoms with van der Waals surface area (Å²) < 4.78 is 0. The van der Waals surface area contributed by atoms with Crippen molar-refractivity contribution >= 4 is 17.9 Å².